The first-order valence-electron chi connectivity index (χ1n) is 6.37. The molecule has 0 atom stereocenters. The quantitative estimate of drug-likeness (QED) is 0.758. The molecule has 4 heteroatoms. The Hall–Kier alpha value is -1.20. The molecule has 2 aromatic rings. The van der Waals surface area contributed by atoms with E-state index in [1.165, 1.54) is 16.3 Å². The van der Waals surface area contributed by atoms with E-state index < -0.39 is 8.80 Å². The summed E-state index contributed by atoms with van der Waals surface area (Å²) < 4.78 is 16.4. The first-order chi connectivity index (χ1) is 9.24. The van der Waals surface area contributed by atoms with Crippen LogP contribution < -0.4 is 0 Å². The molecule has 0 radical (unpaired) electrons. The van der Waals surface area contributed by atoms with Crippen molar-refractivity contribution >= 4 is 19.6 Å². The second kappa shape index (κ2) is 6.30. The number of fused-ring (bicyclic) bond motifs is 1. The van der Waals surface area contributed by atoms with Gasteiger partial charge in [0, 0.05) is 27.4 Å². The third kappa shape index (κ3) is 3.04. The molecule has 0 aliphatic carbocycles. The maximum absolute atomic E-state index is 5.46. The van der Waals surface area contributed by atoms with Crippen LogP contribution in [0.2, 0.25) is 6.04 Å². The molecule has 0 N–H and O–H groups in total. The van der Waals surface area contributed by atoms with Gasteiger partial charge in [-0.15, -0.1) is 0 Å². The van der Waals surface area contributed by atoms with Gasteiger partial charge in [0.1, 0.15) is 0 Å². The van der Waals surface area contributed by atoms with Crippen molar-refractivity contribution in [2.75, 3.05) is 21.3 Å². The monoisotopic (exact) mass is 276 g/mol. The highest BCUT2D eigenvalue weighted by Crippen LogP contribution is 2.23. The number of hydrogen-bond acceptors (Lipinski definition) is 3. The molecular formula is C15H20O3Si. The zero-order valence-electron chi connectivity index (χ0n) is 11.7. The zero-order chi connectivity index (χ0) is 13.7. The molecule has 0 saturated heterocycles. The van der Waals surface area contributed by atoms with E-state index in [0.29, 0.717) is 0 Å². The lowest BCUT2D eigenvalue weighted by molar-refractivity contribution is 0.124. The summed E-state index contributed by atoms with van der Waals surface area (Å²) in [6, 6.07) is 15.6. The van der Waals surface area contributed by atoms with Crippen LogP contribution in [-0.4, -0.2) is 30.1 Å². The van der Waals surface area contributed by atoms with Crippen molar-refractivity contribution in [1.29, 1.82) is 0 Å². The van der Waals surface area contributed by atoms with Crippen LogP contribution >= 0.6 is 0 Å². The summed E-state index contributed by atoms with van der Waals surface area (Å²) in [5, 5.41) is 2.55. The van der Waals surface area contributed by atoms with Gasteiger partial charge in [-0.3, -0.25) is 0 Å². The van der Waals surface area contributed by atoms with Crippen molar-refractivity contribution < 1.29 is 13.3 Å². The molecule has 0 heterocycles. The second-order valence-electron chi connectivity index (χ2n) is 4.43. The van der Waals surface area contributed by atoms with Gasteiger partial charge in [-0.25, -0.2) is 0 Å². The van der Waals surface area contributed by atoms with Crippen LogP contribution in [0.3, 0.4) is 0 Å². The number of hydrogen-bond donors (Lipinski definition) is 0. The van der Waals surface area contributed by atoms with Gasteiger partial charge in [0.05, 0.1) is 0 Å². The van der Waals surface area contributed by atoms with Gasteiger partial charge in [0.25, 0.3) is 0 Å². The largest absolute Gasteiger partial charge is 0.500 e. The molecule has 2 aromatic carbocycles. The van der Waals surface area contributed by atoms with Crippen LogP contribution in [0.25, 0.3) is 10.8 Å². The van der Waals surface area contributed by atoms with E-state index in [0.717, 1.165) is 12.5 Å². The van der Waals surface area contributed by atoms with E-state index >= 15 is 0 Å². The van der Waals surface area contributed by atoms with Crippen LogP contribution in [0.15, 0.2) is 42.5 Å². The first kappa shape index (κ1) is 14.2. The molecule has 19 heavy (non-hydrogen) atoms. The van der Waals surface area contributed by atoms with E-state index in [1.54, 1.807) is 21.3 Å². The SMILES string of the molecule is CO[Si](CCc1cccc2ccccc12)(OC)OC. The predicted octanol–water partition coefficient (Wildman–Crippen LogP) is 3.26. The fraction of sp³-hybridized carbons (Fsp3) is 0.333. The van der Waals surface area contributed by atoms with Crippen molar-refractivity contribution in [3.63, 3.8) is 0 Å². The Labute approximate surface area is 115 Å². The van der Waals surface area contributed by atoms with Crippen LogP contribution in [-0.2, 0) is 19.7 Å². The highest BCUT2D eigenvalue weighted by atomic mass is 28.4. The van der Waals surface area contributed by atoms with Crippen LogP contribution in [0.1, 0.15) is 5.56 Å². The predicted molar refractivity (Wildman–Crippen MR) is 79.2 cm³/mol. The fourth-order valence-corrected chi connectivity index (χ4v) is 4.04. The van der Waals surface area contributed by atoms with E-state index in [4.69, 9.17) is 13.3 Å². The molecule has 102 valence electrons. The minimum atomic E-state index is -2.49. The van der Waals surface area contributed by atoms with Gasteiger partial charge in [0.2, 0.25) is 0 Å². The molecular weight excluding hydrogens is 256 g/mol. The normalized spacial score (nSPS) is 11.9. The third-order valence-electron chi connectivity index (χ3n) is 3.51. The molecule has 0 spiro atoms. The molecule has 2 rings (SSSR count). The number of rotatable bonds is 6. The Balaban J connectivity index is 2.22. The van der Waals surface area contributed by atoms with Crippen molar-refractivity contribution in [1.82, 2.24) is 0 Å². The molecule has 0 amide bonds. The average Bonchev–Trinajstić information content (AvgIpc) is 2.49. The Morgan fingerprint density at radius 2 is 1.47 bits per heavy atom. The first-order valence-corrected chi connectivity index (χ1v) is 8.30. The van der Waals surface area contributed by atoms with Gasteiger partial charge in [0.15, 0.2) is 0 Å². The summed E-state index contributed by atoms with van der Waals surface area (Å²) in [5.74, 6) is 0. The van der Waals surface area contributed by atoms with Crippen molar-refractivity contribution in [3.05, 3.63) is 48.0 Å². The van der Waals surface area contributed by atoms with Crippen molar-refractivity contribution in [3.8, 4) is 0 Å². The lowest BCUT2D eigenvalue weighted by atomic mass is 10.0. The van der Waals surface area contributed by atoms with Gasteiger partial charge >= 0.3 is 8.80 Å². The zero-order valence-corrected chi connectivity index (χ0v) is 12.7. The van der Waals surface area contributed by atoms with Gasteiger partial charge in [-0.1, -0.05) is 42.5 Å². The maximum Gasteiger partial charge on any atom is 0.500 e. The molecule has 3 nitrogen and oxygen atoms in total. The Morgan fingerprint density at radius 1 is 0.842 bits per heavy atom. The maximum atomic E-state index is 5.46. The van der Waals surface area contributed by atoms with Crippen LogP contribution in [0.4, 0.5) is 0 Å². The summed E-state index contributed by atoms with van der Waals surface area (Å²) in [5.41, 5.74) is 1.31. The Bertz CT molecular complexity index is 524. The average molecular weight is 276 g/mol. The molecule has 0 aliphatic heterocycles. The van der Waals surface area contributed by atoms with Gasteiger partial charge < -0.3 is 13.3 Å². The summed E-state index contributed by atoms with van der Waals surface area (Å²) in [4.78, 5) is 0. The van der Waals surface area contributed by atoms with Crippen molar-refractivity contribution in [2.45, 2.75) is 12.5 Å². The van der Waals surface area contributed by atoms with E-state index in [2.05, 4.69) is 42.5 Å². The topological polar surface area (TPSA) is 27.7 Å². The van der Waals surface area contributed by atoms with Crippen LogP contribution in [0, 0.1) is 0 Å². The van der Waals surface area contributed by atoms with E-state index in [1.807, 2.05) is 0 Å². The summed E-state index contributed by atoms with van der Waals surface area (Å²) in [6.07, 6.45) is 0.892. The fourth-order valence-electron chi connectivity index (χ4n) is 2.35. The molecule has 0 fully saturated rings. The third-order valence-corrected chi connectivity index (χ3v) is 6.24. The molecule has 0 bridgehead atoms. The summed E-state index contributed by atoms with van der Waals surface area (Å²) in [7, 11) is 2.48. The van der Waals surface area contributed by atoms with E-state index in [-0.39, 0.29) is 0 Å². The van der Waals surface area contributed by atoms with Crippen molar-refractivity contribution in [2.24, 2.45) is 0 Å². The lowest BCUT2D eigenvalue weighted by Gasteiger charge is -2.24. The van der Waals surface area contributed by atoms with E-state index in [9.17, 15) is 0 Å². The molecule has 0 unspecified atom stereocenters. The van der Waals surface area contributed by atoms with Gasteiger partial charge in [-0.2, -0.15) is 0 Å². The Morgan fingerprint density at radius 3 is 2.16 bits per heavy atom. The minimum absolute atomic E-state index is 0.782. The molecule has 0 aliphatic rings. The van der Waals surface area contributed by atoms with Crippen LogP contribution in [0.5, 0.6) is 0 Å². The highest BCUT2D eigenvalue weighted by molar-refractivity contribution is 6.60. The lowest BCUT2D eigenvalue weighted by Crippen LogP contribution is -2.43. The summed E-state index contributed by atoms with van der Waals surface area (Å²) in [6.45, 7) is 0. The number of benzene rings is 2. The van der Waals surface area contributed by atoms with Gasteiger partial charge in [-0.05, 0) is 22.8 Å². The second-order valence-corrected chi connectivity index (χ2v) is 7.52. The standard InChI is InChI=1S/C15H20O3Si/c1-16-19(17-2,18-3)12-11-14-9-6-8-13-7-4-5-10-15(13)14/h4-10H,11-12H2,1-3H3. The Kier molecular flexibility index (Phi) is 4.71. The number of aryl methyl sites for hydroxylation is 1. The smallest absolute Gasteiger partial charge is 0.377 e. The minimum Gasteiger partial charge on any atom is -0.377 e. The molecule has 0 saturated carbocycles. The highest BCUT2D eigenvalue weighted by Gasteiger charge is 2.37. The molecule has 0 aromatic heterocycles. The summed E-state index contributed by atoms with van der Waals surface area (Å²) >= 11 is 0.